The number of fused-ring (bicyclic) bond motifs is 2. The largest absolute Gasteiger partial charge is 0.454 e. The second-order valence-corrected chi connectivity index (χ2v) is 8.18. The van der Waals surface area contributed by atoms with Crippen molar-refractivity contribution in [1.82, 2.24) is 4.90 Å². The van der Waals surface area contributed by atoms with Crippen molar-refractivity contribution in [3.63, 3.8) is 0 Å². The molecule has 0 aliphatic carbocycles. The van der Waals surface area contributed by atoms with Crippen molar-refractivity contribution in [2.24, 2.45) is 4.99 Å². The summed E-state index contributed by atoms with van der Waals surface area (Å²) in [6.07, 6.45) is 0.722. The van der Waals surface area contributed by atoms with Gasteiger partial charge in [0.2, 0.25) is 5.91 Å². The van der Waals surface area contributed by atoms with Gasteiger partial charge in [0.25, 0.3) is 0 Å². The first-order valence-corrected chi connectivity index (χ1v) is 11.4. The molecule has 1 atom stereocenters. The van der Waals surface area contributed by atoms with Gasteiger partial charge >= 0.3 is 0 Å². The van der Waals surface area contributed by atoms with Crippen LogP contribution in [0.5, 0.6) is 11.5 Å². The number of hydrogen-bond acceptors (Lipinski definition) is 5. The van der Waals surface area contributed by atoms with E-state index in [1.807, 2.05) is 79.7 Å². The number of rotatable bonds is 4. The zero-order valence-electron chi connectivity index (χ0n) is 18.7. The fraction of sp³-hybridized carbons (Fsp3) is 0.259. The smallest absolute Gasteiger partial charge is 0.231 e. The van der Waals surface area contributed by atoms with Crippen LogP contribution >= 0.6 is 0 Å². The first kappa shape index (κ1) is 21.2. The number of carbonyl (C=O) groups excluding carboxylic acids is 1. The van der Waals surface area contributed by atoms with Crippen LogP contribution in [0.15, 0.2) is 77.8 Å². The Hall–Kier alpha value is -3.64. The molecule has 168 valence electrons. The van der Waals surface area contributed by atoms with E-state index in [1.54, 1.807) is 0 Å². The van der Waals surface area contributed by atoms with Gasteiger partial charge in [0.1, 0.15) is 17.3 Å². The standard InChI is InChI=1S/C27H27N3O3/c1-2-21(19-8-4-3-5-9-19)27(31)28-20-12-13-24-22(18-20)26(30-14-16-32-17-15-30)29-23-10-6-7-11-25(23)33-24/h3-13,18,21H,2,14-17H2,1H3,(H,28,31)/t21-/m1/s1. The number of carbonyl (C=O) groups is 1. The number of ether oxygens (including phenoxy) is 2. The summed E-state index contributed by atoms with van der Waals surface area (Å²) >= 11 is 0. The molecule has 3 aromatic carbocycles. The zero-order chi connectivity index (χ0) is 22.6. The van der Waals surface area contributed by atoms with Gasteiger partial charge in [-0.3, -0.25) is 4.79 Å². The van der Waals surface area contributed by atoms with Crippen LogP contribution in [0.1, 0.15) is 30.4 Å². The minimum atomic E-state index is -0.210. The highest BCUT2D eigenvalue weighted by Crippen LogP contribution is 2.39. The van der Waals surface area contributed by atoms with E-state index in [2.05, 4.69) is 10.2 Å². The average molecular weight is 442 g/mol. The monoisotopic (exact) mass is 441 g/mol. The summed E-state index contributed by atoms with van der Waals surface area (Å²) in [6, 6.07) is 23.4. The van der Waals surface area contributed by atoms with Crippen molar-refractivity contribution >= 4 is 23.1 Å². The third-order valence-electron chi connectivity index (χ3n) is 6.04. The number of hydrogen-bond donors (Lipinski definition) is 1. The minimum absolute atomic E-state index is 0.0219. The number of para-hydroxylation sites is 2. The van der Waals surface area contributed by atoms with Crippen LogP contribution in [0, 0.1) is 0 Å². The molecule has 33 heavy (non-hydrogen) atoms. The molecule has 0 aromatic heterocycles. The second-order valence-electron chi connectivity index (χ2n) is 8.18. The van der Waals surface area contributed by atoms with Crippen molar-refractivity contribution in [1.29, 1.82) is 0 Å². The number of benzene rings is 3. The van der Waals surface area contributed by atoms with E-state index in [0.29, 0.717) is 19.0 Å². The van der Waals surface area contributed by atoms with Crippen LogP contribution < -0.4 is 10.1 Å². The van der Waals surface area contributed by atoms with Crippen molar-refractivity contribution < 1.29 is 14.3 Å². The first-order chi connectivity index (χ1) is 16.2. The Balaban J connectivity index is 1.49. The van der Waals surface area contributed by atoms with Gasteiger partial charge in [0.15, 0.2) is 5.75 Å². The van der Waals surface area contributed by atoms with Crippen LogP contribution in [-0.2, 0) is 9.53 Å². The Kier molecular flexibility index (Phi) is 6.09. The minimum Gasteiger partial charge on any atom is -0.454 e. The molecule has 0 bridgehead atoms. The quantitative estimate of drug-likeness (QED) is 0.594. The Labute approximate surface area is 193 Å². The molecular weight excluding hydrogens is 414 g/mol. The maximum Gasteiger partial charge on any atom is 0.231 e. The van der Waals surface area contributed by atoms with E-state index in [0.717, 1.165) is 53.6 Å². The summed E-state index contributed by atoms with van der Waals surface area (Å²) in [4.78, 5) is 20.3. The molecule has 1 fully saturated rings. The molecule has 0 radical (unpaired) electrons. The number of nitrogens with zero attached hydrogens (tertiary/aromatic N) is 2. The van der Waals surface area contributed by atoms with E-state index in [9.17, 15) is 4.79 Å². The number of amidine groups is 1. The fourth-order valence-electron chi connectivity index (χ4n) is 4.30. The van der Waals surface area contributed by atoms with Gasteiger partial charge < -0.3 is 19.7 Å². The van der Waals surface area contributed by atoms with Gasteiger partial charge in [-0.2, -0.15) is 0 Å². The van der Waals surface area contributed by atoms with Crippen molar-refractivity contribution in [3.05, 3.63) is 83.9 Å². The van der Waals surface area contributed by atoms with E-state index in [4.69, 9.17) is 14.5 Å². The molecule has 1 N–H and O–H groups in total. The molecule has 0 spiro atoms. The van der Waals surface area contributed by atoms with E-state index < -0.39 is 0 Å². The molecule has 6 heteroatoms. The molecule has 1 saturated heterocycles. The average Bonchev–Trinajstić information content (AvgIpc) is 3.02. The summed E-state index contributed by atoms with van der Waals surface area (Å²) in [7, 11) is 0. The van der Waals surface area contributed by atoms with Gasteiger partial charge in [-0.25, -0.2) is 4.99 Å². The summed E-state index contributed by atoms with van der Waals surface area (Å²) in [5.74, 6) is 2.04. The molecule has 5 rings (SSSR count). The molecule has 2 aliphatic heterocycles. The van der Waals surface area contributed by atoms with Gasteiger partial charge in [-0.1, -0.05) is 49.4 Å². The van der Waals surface area contributed by atoms with Crippen LogP contribution in [0.4, 0.5) is 11.4 Å². The van der Waals surface area contributed by atoms with Crippen LogP contribution in [0.2, 0.25) is 0 Å². The predicted octanol–water partition coefficient (Wildman–Crippen LogP) is 5.34. The SMILES string of the molecule is CC[C@@H](C(=O)Nc1ccc2c(c1)C(N1CCOCC1)=Nc1ccccc1O2)c1ccccc1. The number of aliphatic imine (C=N–C) groups is 1. The molecule has 3 aromatic rings. The van der Waals surface area contributed by atoms with Crippen LogP contribution in [0.25, 0.3) is 0 Å². The van der Waals surface area contributed by atoms with E-state index >= 15 is 0 Å². The third kappa shape index (κ3) is 4.47. The van der Waals surface area contributed by atoms with Gasteiger partial charge in [-0.15, -0.1) is 0 Å². The highest BCUT2D eigenvalue weighted by Gasteiger charge is 2.25. The maximum absolute atomic E-state index is 13.1. The van der Waals surface area contributed by atoms with Gasteiger partial charge in [0.05, 0.1) is 24.7 Å². The fourth-order valence-corrected chi connectivity index (χ4v) is 4.30. The molecule has 1 amide bonds. The molecule has 0 saturated carbocycles. The topological polar surface area (TPSA) is 63.2 Å². The van der Waals surface area contributed by atoms with Crippen molar-refractivity contribution in [3.8, 4) is 11.5 Å². The summed E-state index contributed by atoms with van der Waals surface area (Å²) in [5.41, 5.74) is 3.39. The van der Waals surface area contributed by atoms with E-state index in [1.165, 1.54) is 0 Å². The Bertz CT molecular complexity index is 1170. The van der Waals surface area contributed by atoms with Crippen molar-refractivity contribution in [2.45, 2.75) is 19.3 Å². The Morgan fingerprint density at radius 3 is 2.55 bits per heavy atom. The molecule has 2 heterocycles. The molecule has 2 aliphatic rings. The number of nitrogens with one attached hydrogen (secondary N) is 1. The lowest BCUT2D eigenvalue weighted by atomic mass is 9.95. The summed E-state index contributed by atoms with van der Waals surface area (Å²) in [5, 5.41) is 3.11. The lowest BCUT2D eigenvalue weighted by Gasteiger charge is -2.30. The van der Waals surface area contributed by atoms with Gasteiger partial charge in [0, 0.05) is 18.8 Å². The number of morpholine rings is 1. The lowest BCUT2D eigenvalue weighted by Crippen LogP contribution is -2.41. The highest BCUT2D eigenvalue weighted by atomic mass is 16.5. The van der Waals surface area contributed by atoms with Crippen LogP contribution in [-0.4, -0.2) is 42.9 Å². The Morgan fingerprint density at radius 2 is 1.76 bits per heavy atom. The Morgan fingerprint density at radius 1 is 1.00 bits per heavy atom. The normalized spacial score (nSPS) is 15.9. The second kappa shape index (κ2) is 9.46. The van der Waals surface area contributed by atoms with Gasteiger partial charge in [-0.05, 0) is 42.3 Å². The molecule has 0 unspecified atom stereocenters. The molecule has 6 nitrogen and oxygen atoms in total. The third-order valence-corrected chi connectivity index (χ3v) is 6.04. The summed E-state index contributed by atoms with van der Waals surface area (Å²) in [6.45, 7) is 4.85. The maximum atomic E-state index is 13.1. The van der Waals surface area contributed by atoms with Crippen molar-refractivity contribution in [2.75, 3.05) is 31.6 Å². The lowest BCUT2D eigenvalue weighted by molar-refractivity contribution is -0.117. The van der Waals surface area contributed by atoms with Crippen LogP contribution in [0.3, 0.4) is 0 Å². The zero-order valence-corrected chi connectivity index (χ0v) is 18.7. The first-order valence-electron chi connectivity index (χ1n) is 11.4. The highest BCUT2D eigenvalue weighted by molar-refractivity contribution is 6.05. The van der Waals surface area contributed by atoms with E-state index in [-0.39, 0.29) is 11.8 Å². The summed E-state index contributed by atoms with van der Waals surface area (Å²) < 4.78 is 11.8. The predicted molar refractivity (Wildman–Crippen MR) is 130 cm³/mol. The number of amides is 1. The molecular formula is C27H27N3O3. The number of anilines is 1.